The first-order valence-corrected chi connectivity index (χ1v) is 9.06. The zero-order valence-electron chi connectivity index (χ0n) is 15.0. The van der Waals surface area contributed by atoms with Gasteiger partial charge in [0.05, 0.1) is 12.2 Å². The first kappa shape index (κ1) is 20.3. The minimum Gasteiger partial charge on any atom is -0.508 e. The molecule has 9 heteroatoms. The molecular formula is C19H18BrNO7. The molecule has 148 valence electrons. The lowest BCUT2D eigenvalue weighted by Crippen LogP contribution is -2.48. The lowest BCUT2D eigenvalue weighted by molar-refractivity contribution is -0.365. The predicted octanol–water partition coefficient (Wildman–Crippen LogP) is 2.26. The van der Waals surface area contributed by atoms with Crippen molar-refractivity contribution in [2.75, 3.05) is 7.05 Å². The molecule has 1 amide bonds. The second-order valence-corrected chi connectivity index (χ2v) is 7.21. The van der Waals surface area contributed by atoms with Crippen molar-refractivity contribution in [3.8, 4) is 11.5 Å². The van der Waals surface area contributed by atoms with E-state index in [1.54, 1.807) is 24.3 Å². The highest BCUT2D eigenvalue weighted by atomic mass is 79.9. The summed E-state index contributed by atoms with van der Waals surface area (Å²) in [5.41, 5.74) is 0.694. The Morgan fingerprint density at radius 2 is 1.96 bits per heavy atom. The van der Waals surface area contributed by atoms with E-state index < -0.39 is 29.3 Å². The number of hydroxylamine groups is 2. The highest BCUT2D eigenvalue weighted by Crippen LogP contribution is 2.50. The quantitative estimate of drug-likeness (QED) is 0.370. The molecule has 3 N–H and O–H groups in total. The van der Waals surface area contributed by atoms with Gasteiger partial charge in [-0.2, -0.15) is 0 Å². The number of halogens is 1. The molecule has 0 saturated heterocycles. The van der Waals surface area contributed by atoms with Crippen LogP contribution in [-0.4, -0.2) is 39.1 Å². The molecule has 1 heterocycles. The predicted molar refractivity (Wildman–Crippen MR) is 99.9 cm³/mol. The van der Waals surface area contributed by atoms with Crippen LogP contribution in [0.25, 0.3) is 0 Å². The van der Waals surface area contributed by atoms with Crippen molar-refractivity contribution in [1.29, 1.82) is 0 Å². The second kappa shape index (κ2) is 7.51. The summed E-state index contributed by atoms with van der Waals surface area (Å²) in [7, 11) is 1.17. The van der Waals surface area contributed by atoms with Gasteiger partial charge < -0.3 is 20.1 Å². The number of ether oxygens (including phenoxy) is 1. The Morgan fingerprint density at radius 3 is 2.61 bits per heavy atom. The third-order valence-corrected chi connectivity index (χ3v) is 5.08. The van der Waals surface area contributed by atoms with Crippen LogP contribution >= 0.6 is 15.9 Å². The van der Waals surface area contributed by atoms with Crippen LogP contribution in [0.1, 0.15) is 29.7 Å². The van der Waals surface area contributed by atoms with Crippen LogP contribution in [0.15, 0.2) is 40.9 Å². The van der Waals surface area contributed by atoms with Gasteiger partial charge >= 0.3 is 5.91 Å². The minimum atomic E-state index is -2.37. The molecule has 3 rings (SSSR count). The summed E-state index contributed by atoms with van der Waals surface area (Å²) in [4.78, 5) is 28.9. The zero-order valence-corrected chi connectivity index (χ0v) is 16.6. The summed E-state index contributed by atoms with van der Waals surface area (Å²) in [6.07, 6.45) is -1.16. The monoisotopic (exact) mass is 451 g/mol. The van der Waals surface area contributed by atoms with Gasteiger partial charge in [-0.1, -0.05) is 34.1 Å². The molecule has 1 aliphatic rings. The smallest absolute Gasteiger partial charge is 0.313 e. The summed E-state index contributed by atoms with van der Waals surface area (Å²) < 4.78 is 6.39. The Morgan fingerprint density at radius 1 is 1.29 bits per heavy atom. The van der Waals surface area contributed by atoms with E-state index in [2.05, 4.69) is 15.9 Å². The number of hydrogen-bond acceptors (Lipinski definition) is 7. The van der Waals surface area contributed by atoms with E-state index in [4.69, 9.17) is 9.57 Å². The van der Waals surface area contributed by atoms with E-state index in [0.29, 0.717) is 15.1 Å². The van der Waals surface area contributed by atoms with Crippen LogP contribution in [-0.2, 0) is 31.6 Å². The number of carbonyl (C=O) groups is 2. The number of benzene rings is 2. The summed E-state index contributed by atoms with van der Waals surface area (Å²) >= 11 is 3.39. The van der Waals surface area contributed by atoms with Crippen molar-refractivity contribution >= 4 is 27.6 Å². The number of aromatic hydroxyl groups is 2. The maximum absolute atomic E-state index is 12.0. The number of Topliss-reactive ketones (excluding diaryl/α,β-unsaturated/α-hetero) is 1. The Hall–Kier alpha value is -2.46. The molecule has 0 fully saturated rings. The molecule has 2 atom stereocenters. The number of rotatable bonds is 4. The van der Waals surface area contributed by atoms with E-state index in [1.807, 2.05) is 0 Å². The van der Waals surface area contributed by atoms with Gasteiger partial charge in [-0.05, 0) is 17.7 Å². The molecular weight excluding hydrogens is 434 g/mol. The van der Waals surface area contributed by atoms with Crippen molar-refractivity contribution in [3.63, 3.8) is 0 Å². The van der Waals surface area contributed by atoms with Crippen molar-refractivity contribution in [1.82, 2.24) is 5.06 Å². The van der Waals surface area contributed by atoms with Crippen molar-refractivity contribution < 1.29 is 34.5 Å². The molecule has 2 aromatic rings. The number of ketones is 1. The maximum atomic E-state index is 12.0. The summed E-state index contributed by atoms with van der Waals surface area (Å²) in [5.74, 6) is -4.83. The molecule has 28 heavy (non-hydrogen) atoms. The number of hydrogen-bond donors (Lipinski definition) is 3. The van der Waals surface area contributed by atoms with E-state index in [9.17, 15) is 24.9 Å². The molecule has 0 saturated carbocycles. The number of phenols is 2. The van der Waals surface area contributed by atoms with Gasteiger partial charge in [0.2, 0.25) is 5.78 Å². The lowest BCUT2D eigenvalue weighted by atomic mass is 9.88. The van der Waals surface area contributed by atoms with Gasteiger partial charge in [-0.15, -0.1) is 0 Å². The van der Waals surface area contributed by atoms with Crippen LogP contribution in [0.2, 0.25) is 0 Å². The minimum absolute atomic E-state index is 0.0423. The number of aliphatic hydroxyl groups is 1. The highest BCUT2D eigenvalue weighted by Gasteiger charge is 2.51. The topological polar surface area (TPSA) is 117 Å². The van der Waals surface area contributed by atoms with E-state index in [0.717, 1.165) is 13.0 Å². The molecule has 0 radical (unpaired) electrons. The average Bonchev–Trinajstić information content (AvgIpc) is 2.61. The summed E-state index contributed by atoms with van der Waals surface area (Å²) in [6.45, 7) is 1.03. The fraction of sp³-hybridized carbons (Fsp3) is 0.263. The fourth-order valence-corrected chi connectivity index (χ4v) is 3.66. The van der Waals surface area contributed by atoms with Gasteiger partial charge in [0.1, 0.15) is 17.6 Å². The number of likely N-dealkylation sites (N-methyl/N-ethyl adjacent to an activating group) is 1. The molecule has 8 nitrogen and oxygen atoms in total. The Labute approximate surface area is 169 Å². The van der Waals surface area contributed by atoms with Gasteiger partial charge in [-0.25, -0.2) is 9.90 Å². The molecule has 2 aromatic carbocycles. The SMILES string of the molecule is CC(=O)C(=O)N(C)OC1(O)c2c(O)cc(O)cc2COC1c1ccccc1Br. The summed E-state index contributed by atoms with van der Waals surface area (Å²) in [6, 6.07) is 9.26. The van der Waals surface area contributed by atoms with E-state index in [-0.39, 0.29) is 23.5 Å². The largest absolute Gasteiger partial charge is 0.508 e. The molecule has 0 bridgehead atoms. The van der Waals surface area contributed by atoms with Crippen molar-refractivity contribution in [3.05, 3.63) is 57.6 Å². The first-order valence-electron chi connectivity index (χ1n) is 8.26. The molecule has 0 aliphatic carbocycles. The van der Waals surface area contributed by atoms with Crippen LogP contribution < -0.4 is 0 Å². The number of carbonyl (C=O) groups excluding carboxylic acids is 2. The Balaban J connectivity index is 2.17. The van der Waals surface area contributed by atoms with E-state index in [1.165, 1.54) is 13.1 Å². The number of nitrogens with zero attached hydrogens (tertiary/aromatic N) is 1. The lowest BCUT2D eigenvalue weighted by Gasteiger charge is -2.42. The standard InChI is InChI=1S/C19H18BrNO7/c1-10(22)18(25)21(2)28-19(26)16-11(7-12(23)8-15(16)24)9-27-17(19)13-5-3-4-6-14(13)20/h3-8,17,23-24,26H,9H2,1-2H3. The third kappa shape index (κ3) is 3.49. The normalized spacial score (nSPS) is 21.1. The number of phenolic OH excluding ortho intramolecular Hbond substituents is 2. The molecule has 0 aromatic heterocycles. The van der Waals surface area contributed by atoms with Gasteiger partial charge in [0.25, 0.3) is 5.79 Å². The Bertz CT molecular complexity index is 948. The zero-order chi connectivity index (χ0) is 20.6. The highest BCUT2D eigenvalue weighted by molar-refractivity contribution is 9.10. The molecule has 2 unspecified atom stereocenters. The van der Waals surface area contributed by atoms with Crippen molar-refractivity contribution in [2.45, 2.75) is 25.4 Å². The van der Waals surface area contributed by atoms with Crippen LogP contribution in [0.4, 0.5) is 0 Å². The van der Waals surface area contributed by atoms with Crippen LogP contribution in [0.3, 0.4) is 0 Å². The van der Waals surface area contributed by atoms with Gasteiger partial charge in [0.15, 0.2) is 0 Å². The third-order valence-electron chi connectivity index (χ3n) is 4.35. The number of fused-ring (bicyclic) bond motifs is 1. The van der Waals surface area contributed by atoms with E-state index >= 15 is 0 Å². The number of amides is 1. The average molecular weight is 452 g/mol. The van der Waals surface area contributed by atoms with Crippen molar-refractivity contribution in [2.24, 2.45) is 0 Å². The molecule has 1 aliphatic heterocycles. The first-order chi connectivity index (χ1) is 13.1. The second-order valence-electron chi connectivity index (χ2n) is 6.36. The maximum Gasteiger partial charge on any atom is 0.313 e. The van der Waals surface area contributed by atoms with Crippen LogP contribution in [0.5, 0.6) is 11.5 Å². The van der Waals surface area contributed by atoms with Crippen LogP contribution in [0, 0.1) is 0 Å². The van der Waals surface area contributed by atoms with Gasteiger partial charge in [0, 0.05) is 30.1 Å². The molecule has 0 spiro atoms. The fourth-order valence-electron chi connectivity index (χ4n) is 3.17. The van der Waals surface area contributed by atoms with Gasteiger partial charge in [-0.3, -0.25) is 9.59 Å². The Kier molecular flexibility index (Phi) is 5.44. The summed E-state index contributed by atoms with van der Waals surface area (Å²) in [5, 5.41) is 32.3.